The Kier molecular flexibility index (Phi) is 4.19. The standard InChI is InChI=1S/C13H14Cl2N4OS/c1-2-10-17-18-11-4-3-7(6-19(10)11)16-13(20)8-5-9(14)21-12(8)15/h5,7H,2-4,6H2,1H3,(H,16,20). The highest BCUT2D eigenvalue weighted by Crippen LogP contribution is 2.31. The Morgan fingerprint density at radius 1 is 1.52 bits per heavy atom. The van der Waals surface area contributed by atoms with Crippen LogP contribution in [0.5, 0.6) is 0 Å². The van der Waals surface area contributed by atoms with E-state index in [1.54, 1.807) is 6.07 Å². The van der Waals surface area contributed by atoms with Gasteiger partial charge in [-0.05, 0) is 12.5 Å². The number of amides is 1. The van der Waals surface area contributed by atoms with Crippen molar-refractivity contribution in [3.05, 3.63) is 32.0 Å². The summed E-state index contributed by atoms with van der Waals surface area (Å²) in [7, 11) is 0. The van der Waals surface area contributed by atoms with Crippen LogP contribution in [0.15, 0.2) is 6.07 Å². The van der Waals surface area contributed by atoms with E-state index in [1.165, 1.54) is 11.3 Å². The van der Waals surface area contributed by atoms with Gasteiger partial charge in [-0.2, -0.15) is 0 Å². The molecular formula is C13H14Cl2N4OS. The molecule has 1 atom stereocenters. The van der Waals surface area contributed by atoms with Crippen molar-refractivity contribution in [1.82, 2.24) is 20.1 Å². The molecule has 112 valence electrons. The number of aryl methyl sites for hydroxylation is 2. The van der Waals surface area contributed by atoms with Crippen molar-refractivity contribution in [3.8, 4) is 0 Å². The molecule has 1 aliphatic rings. The Morgan fingerprint density at radius 2 is 2.33 bits per heavy atom. The first-order valence-corrected chi connectivity index (χ1v) is 8.32. The quantitative estimate of drug-likeness (QED) is 0.930. The first-order valence-electron chi connectivity index (χ1n) is 6.75. The van der Waals surface area contributed by atoms with Crippen LogP contribution in [0.2, 0.25) is 8.67 Å². The van der Waals surface area contributed by atoms with E-state index in [4.69, 9.17) is 23.2 Å². The van der Waals surface area contributed by atoms with E-state index in [1.807, 2.05) is 6.92 Å². The lowest BCUT2D eigenvalue weighted by Crippen LogP contribution is -2.41. The van der Waals surface area contributed by atoms with Crippen molar-refractivity contribution in [1.29, 1.82) is 0 Å². The normalized spacial score (nSPS) is 17.6. The minimum Gasteiger partial charge on any atom is -0.347 e. The Bertz CT molecular complexity index is 668. The average Bonchev–Trinajstić information content (AvgIpc) is 3.01. The van der Waals surface area contributed by atoms with Gasteiger partial charge in [-0.15, -0.1) is 21.5 Å². The molecule has 0 saturated heterocycles. The third-order valence-electron chi connectivity index (χ3n) is 3.58. The lowest BCUT2D eigenvalue weighted by molar-refractivity contribution is 0.0928. The van der Waals surface area contributed by atoms with Crippen LogP contribution in [-0.2, 0) is 19.4 Å². The van der Waals surface area contributed by atoms with Gasteiger partial charge in [-0.25, -0.2) is 0 Å². The predicted molar refractivity (Wildman–Crippen MR) is 83.3 cm³/mol. The molecule has 8 heteroatoms. The molecule has 1 aliphatic heterocycles. The molecule has 1 unspecified atom stereocenters. The van der Waals surface area contributed by atoms with Gasteiger partial charge in [-0.3, -0.25) is 4.79 Å². The molecule has 5 nitrogen and oxygen atoms in total. The van der Waals surface area contributed by atoms with Crippen LogP contribution in [0, 0.1) is 0 Å². The molecule has 2 aromatic heterocycles. The molecule has 0 fully saturated rings. The molecule has 0 aromatic carbocycles. The van der Waals surface area contributed by atoms with Crippen molar-refractivity contribution in [3.63, 3.8) is 0 Å². The second-order valence-corrected chi connectivity index (χ2v) is 7.23. The van der Waals surface area contributed by atoms with Gasteiger partial charge in [0.15, 0.2) is 0 Å². The van der Waals surface area contributed by atoms with Gasteiger partial charge >= 0.3 is 0 Å². The predicted octanol–water partition coefficient (Wildman–Crippen LogP) is 2.95. The third kappa shape index (κ3) is 2.93. The molecule has 3 heterocycles. The highest BCUT2D eigenvalue weighted by atomic mass is 35.5. The molecule has 0 bridgehead atoms. The summed E-state index contributed by atoms with van der Waals surface area (Å²) in [5.74, 6) is 1.78. The molecule has 21 heavy (non-hydrogen) atoms. The van der Waals surface area contributed by atoms with E-state index in [-0.39, 0.29) is 11.9 Å². The van der Waals surface area contributed by atoms with E-state index in [0.29, 0.717) is 20.8 Å². The number of hydrogen-bond acceptors (Lipinski definition) is 4. The first kappa shape index (κ1) is 14.8. The number of fused-ring (bicyclic) bond motifs is 1. The maximum atomic E-state index is 12.3. The highest BCUT2D eigenvalue weighted by Gasteiger charge is 2.25. The summed E-state index contributed by atoms with van der Waals surface area (Å²) in [5, 5.41) is 11.4. The number of aromatic nitrogens is 3. The number of carbonyl (C=O) groups is 1. The summed E-state index contributed by atoms with van der Waals surface area (Å²) in [6.07, 6.45) is 2.50. The van der Waals surface area contributed by atoms with E-state index in [0.717, 1.165) is 30.9 Å². The number of nitrogens with one attached hydrogen (secondary N) is 1. The van der Waals surface area contributed by atoms with Crippen molar-refractivity contribution in [2.24, 2.45) is 0 Å². The van der Waals surface area contributed by atoms with Crippen molar-refractivity contribution < 1.29 is 4.79 Å². The molecule has 0 spiro atoms. The minimum absolute atomic E-state index is 0.0565. The molecule has 3 rings (SSSR count). The zero-order valence-corrected chi connectivity index (χ0v) is 13.7. The van der Waals surface area contributed by atoms with E-state index >= 15 is 0 Å². The van der Waals surface area contributed by atoms with Gasteiger partial charge in [-0.1, -0.05) is 30.1 Å². The smallest absolute Gasteiger partial charge is 0.253 e. The van der Waals surface area contributed by atoms with Gasteiger partial charge in [0.05, 0.1) is 9.90 Å². The van der Waals surface area contributed by atoms with Crippen molar-refractivity contribution in [2.45, 2.75) is 38.8 Å². The van der Waals surface area contributed by atoms with E-state index < -0.39 is 0 Å². The molecule has 2 aromatic rings. The average molecular weight is 345 g/mol. The zero-order chi connectivity index (χ0) is 15.0. The molecule has 1 N–H and O–H groups in total. The zero-order valence-electron chi connectivity index (χ0n) is 11.4. The van der Waals surface area contributed by atoms with Gasteiger partial charge in [0.1, 0.15) is 16.0 Å². The monoisotopic (exact) mass is 344 g/mol. The minimum atomic E-state index is -0.178. The van der Waals surface area contributed by atoms with Crippen LogP contribution in [0.4, 0.5) is 0 Å². The second kappa shape index (κ2) is 5.94. The number of hydrogen-bond donors (Lipinski definition) is 1. The number of nitrogens with zero attached hydrogens (tertiary/aromatic N) is 3. The maximum Gasteiger partial charge on any atom is 0.253 e. The third-order valence-corrected chi connectivity index (χ3v) is 5.06. The fraction of sp³-hybridized carbons (Fsp3) is 0.462. The van der Waals surface area contributed by atoms with Crippen LogP contribution in [0.3, 0.4) is 0 Å². The lowest BCUT2D eigenvalue weighted by Gasteiger charge is -2.25. The van der Waals surface area contributed by atoms with Gasteiger partial charge in [0.2, 0.25) is 0 Å². The highest BCUT2D eigenvalue weighted by molar-refractivity contribution is 7.20. The molecular weight excluding hydrogens is 331 g/mol. The number of thiophene rings is 1. The van der Waals surface area contributed by atoms with E-state index in [9.17, 15) is 4.79 Å². The van der Waals surface area contributed by atoms with E-state index in [2.05, 4.69) is 20.1 Å². The fourth-order valence-electron chi connectivity index (χ4n) is 2.52. The van der Waals surface area contributed by atoms with Crippen LogP contribution in [0.25, 0.3) is 0 Å². The Hall–Kier alpha value is -1.11. The van der Waals surface area contributed by atoms with Crippen molar-refractivity contribution >= 4 is 40.4 Å². The number of halogens is 2. The SMILES string of the molecule is CCc1nnc2n1CC(NC(=O)c1cc(Cl)sc1Cl)CC2. The Morgan fingerprint density at radius 3 is 3.00 bits per heavy atom. The van der Waals surface area contributed by atoms with Crippen LogP contribution in [0.1, 0.15) is 35.4 Å². The summed E-state index contributed by atoms with van der Waals surface area (Å²) in [5.41, 5.74) is 0.442. The summed E-state index contributed by atoms with van der Waals surface area (Å²) in [6, 6.07) is 1.66. The first-order chi connectivity index (χ1) is 10.1. The number of carbonyl (C=O) groups excluding carboxylic acids is 1. The fourth-order valence-corrected chi connectivity index (χ4v) is 3.98. The number of rotatable bonds is 3. The largest absolute Gasteiger partial charge is 0.347 e. The second-order valence-electron chi connectivity index (χ2n) is 4.94. The van der Waals surface area contributed by atoms with Gasteiger partial charge in [0.25, 0.3) is 5.91 Å². The summed E-state index contributed by atoms with van der Waals surface area (Å²) in [6.45, 7) is 2.75. The summed E-state index contributed by atoms with van der Waals surface area (Å²) >= 11 is 13.1. The summed E-state index contributed by atoms with van der Waals surface area (Å²) in [4.78, 5) is 12.3. The molecule has 1 amide bonds. The van der Waals surface area contributed by atoms with Gasteiger partial charge < -0.3 is 9.88 Å². The van der Waals surface area contributed by atoms with Crippen molar-refractivity contribution in [2.75, 3.05) is 0 Å². The van der Waals surface area contributed by atoms with Crippen LogP contribution in [-0.4, -0.2) is 26.7 Å². The molecule has 0 saturated carbocycles. The Labute approximate surface area is 136 Å². The van der Waals surface area contributed by atoms with Crippen LogP contribution < -0.4 is 5.32 Å². The molecule has 0 aliphatic carbocycles. The van der Waals surface area contributed by atoms with Gasteiger partial charge in [0, 0.05) is 25.4 Å². The lowest BCUT2D eigenvalue weighted by atomic mass is 10.1. The maximum absolute atomic E-state index is 12.3. The summed E-state index contributed by atoms with van der Waals surface area (Å²) < 4.78 is 3.03. The Balaban J connectivity index is 1.72. The topological polar surface area (TPSA) is 59.8 Å². The van der Waals surface area contributed by atoms with Crippen LogP contribution >= 0.6 is 34.5 Å². The molecule has 0 radical (unpaired) electrons.